The van der Waals surface area contributed by atoms with E-state index in [0.29, 0.717) is 17.9 Å². The fraction of sp³-hybridized carbons (Fsp3) is 0.375. The molecule has 0 N–H and O–H groups in total. The van der Waals surface area contributed by atoms with Crippen LogP contribution in [0.25, 0.3) is 0 Å². The van der Waals surface area contributed by atoms with Crippen molar-refractivity contribution in [3.63, 3.8) is 0 Å². The summed E-state index contributed by atoms with van der Waals surface area (Å²) in [4.78, 5) is 26.5. The minimum atomic E-state index is -0.239. The standard InChI is InChI=1S/C16H17NO3/c1-10-6-5-7-11-14(10)16(19)17(15(11)18)12-8-3-4-9-13(12)20-2/h3-6,8-11,14H,7H2,1-2H3/t10-,11-,14+/m1/s1. The molecule has 1 aromatic rings. The van der Waals surface area contributed by atoms with Crippen molar-refractivity contribution in [1.82, 2.24) is 0 Å². The van der Waals surface area contributed by atoms with Gasteiger partial charge in [-0.3, -0.25) is 9.59 Å². The van der Waals surface area contributed by atoms with Gasteiger partial charge in [0, 0.05) is 0 Å². The van der Waals surface area contributed by atoms with Gasteiger partial charge in [0.1, 0.15) is 5.75 Å². The first-order valence-electron chi connectivity index (χ1n) is 6.82. The second-order valence-corrected chi connectivity index (χ2v) is 5.34. The number of fused-ring (bicyclic) bond motifs is 1. The van der Waals surface area contributed by atoms with Gasteiger partial charge < -0.3 is 4.74 Å². The highest BCUT2D eigenvalue weighted by atomic mass is 16.5. The van der Waals surface area contributed by atoms with E-state index in [1.54, 1.807) is 19.2 Å². The fourth-order valence-corrected chi connectivity index (χ4v) is 3.20. The van der Waals surface area contributed by atoms with Gasteiger partial charge in [0.2, 0.25) is 11.8 Å². The molecule has 104 valence electrons. The van der Waals surface area contributed by atoms with Gasteiger partial charge in [0.05, 0.1) is 24.6 Å². The van der Waals surface area contributed by atoms with Crippen molar-refractivity contribution in [3.05, 3.63) is 36.4 Å². The average molecular weight is 271 g/mol. The maximum atomic E-state index is 12.6. The number of carbonyl (C=O) groups excluding carboxylic acids is 2. The molecule has 2 aliphatic rings. The number of hydrogen-bond donors (Lipinski definition) is 0. The molecule has 4 heteroatoms. The number of benzene rings is 1. The number of rotatable bonds is 2. The van der Waals surface area contributed by atoms with Gasteiger partial charge in [0.25, 0.3) is 0 Å². The highest BCUT2D eigenvalue weighted by Gasteiger charge is 2.50. The van der Waals surface area contributed by atoms with Crippen LogP contribution in [0.2, 0.25) is 0 Å². The zero-order valence-corrected chi connectivity index (χ0v) is 11.6. The number of allylic oxidation sites excluding steroid dienone is 2. The number of para-hydroxylation sites is 2. The van der Waals surface area contributed by atoms with Gasteiger partial charge in [0.15, 0.2) is 0 Å². The lowest BCUT2D eigenvalue weighted by Gasteiger charge is -2.22. The molecule has 1 aromatic carbocycles. The molecule has 1 saturated heterocycles. The first-order chi connectivity index (χ1) is 9.65. The third-order valence-electron chi connectivity index (χ3n) is 4.20. The summed E-state index contributed by atoms with van der Waals surface area (Å²) in [7, 11) is 1.54. The van der Waals surface area contributed by atoms with Crippen LogP contribution < -0.4 is 9.64 Å². The van der Waals surface area contributed by atoms with Gasteiger partial charge >= 0.3 is 0 Å². The second kappa shape index (κ2) is 4.78. The number of methoxy groups -OCH3 is 1. The molecule has 2 amide bonds. The predicted octanol–water partition coefficient (Wildman–Crippen LogP) is 2.40. The van der Waals surface area contributed by atoms with Crippen molar-refractivity contribution in [2.24, 2.45) is 17.8 Å². The van der Waals surface area contributed by atoms with Crippen LogP contribution in [0.15, 0.2) is 36.4 Å². The topological polar surface area (TPSA) is 46.6 Å². The summed E-state index contributed by atoms with van der Waals surface area (Å²) in [5.74, 6) is -0.0368. The van der Waals surface area contributed by atoms with Crippen LogP contribution in [-0.4, -0.2) is 18.9 Å². The Morgan fingerprint density at radius 2 is 1.95 bits per heavy atom. The lowest BCUT2D eigenvalue weighted by molar-refractivity contribution is -0.122. The number of nitrogens with zero attached hydrogens (tertiary/aromatic N) is 1. The van der Waals surface area contributed by atoms with Crippen LogP contribution in [-0.2, 0) is 9.59 Å². The van der Waals surface area contributed by atoms with E-state index in [0.717, 1.165) is 0 Å². The van der Waals surface area contributed by atoms with Crippen molar-refractivity contribution in [1.29, 1.82) is 0 Å². The Bertz CT molecular complexity index is 593. The van der Waals surface area contributed by atoms with Gasteiger partial charge in [-0.15, -0.1) is 0 Å². The van der Waals surface area contributed by atoms with Gasteiger partial charge in [-0.2, -0.15) is 0 Å². The van der Waals surface area contributed by atoms with Crippen LogP contribution in [0.1, 0.15) is 13.3 Å². The largest absolute Gasteiger partial charge is 0.495 e. The first-order valence-corrected chi connectivity index (χ1v) is 6.82. The summed E-state index contributed by atoms with van der Waals surface area (Å²) in [6.07, 6.45) is 4.67. The van der Waals surface area contributed by atoms with E-state index >= 15 is 0 Å². The molecule has 0 bridgehead atoms. The van der Waals surface area contributed by atoms with E-state index in [4.69, 9.17) is 4.74 Å². The summed E-state index contributed by atoms with van der Waals surface area (Å²) in [6, 6.07) is 7.15. The highest BCUT2D eigenvalue weighted by Crippen LogP contribution is 2.42. The second-order valence-electron chi connectivity index (χ2n) is 5.34. The van der Waals surface area contributed by atoms with E-state index < -0.39 is 0 Å². The number of hydrogen-bond acceptors (Lipinski definition) is 3. The van der Waals surface area contributed by atoms with Gasteiger partial charge in [-0.1, -0.05) is 31.2 Å². The molecule has 1 fully saturated rings. The van der Waals surface area contributed by atoms with Gasteiger partial charge in [-0.25, -0.2) is 4.90 Å². The zero-order chi connectivity index (χ0) is 14.3. The number of anilines is 1. The predicted molar refractivity (Wildman–Crippen MR) is 75.4 cm³/mol. The van der Waals surface area contributed by atoms with Crippen molar-refractivity contribution >= 4 is 17.5 Å². The summed E-state index contributed by atoms with van der Waals surface area (Å²) in [5.41, 5.74) is 0.548. The van der Waals surface area contributed by atoms with Crippen LogP contribution in [0.3, 0.4) is 0 Å². The van der Waals surface area contributed by atoms with Crippen LogP contribution in [0.4, 0.5) is 5.69 Å². The molecule has 0 unspecified atom stereocenters. The van der Waals surface area contributed by atoms with Crippen LogP contribution in [0.5, 0.6) is 5.75 Å². The average Bonchev–Trinajstić information content (AvgIpc) is 2.72. The Hall–Kier alpha value is -2.10. The number of imide groups is 1. The Labute approximate surface area is 118 Å². The molecular formula is C16H17NO3. The van der Waals surface area contributed by atoms with Crippen molar-refractivity contribution in [3.8, 4) is 5.75 Å². The highest BCUT2D eigenvalue weighted by molar-refractivity contribution is 6.23. The van der Waals surface area contributed by atoms with Crippen molar-refractivity contribution in [2.75, 3.05) is 12.0 Å². The summed E-state index contributed by atoms with van der Waals surface area (Å²) in [6.45, 7) is 1.99. The molecule has 0 saturated carbocycles. The molecule has 3 rings (SSSR count). The molecule has 1 aliphatic heterocycles. The van der Waals surface area contributed by atoms with Crippen molar-refractivity contribution < 1.29 is 14.3 Å². The number of carbonyl (C=O) groups is 2. The molecule has 4 nitrogen and oxygen atoms in total. The van der Waals surface area contributed by atoms with E-state index in [9.17, 15) is 9.59 Å². The molecule has 3 atom stereocenters. The number of ether oxygens (including phenoxy) is 1. The van der Waals surface area contributed by atoms with Crippen LogP contribution in [0, 0.1) is 17.8 Å². The van der Waals surface area contributed by atoms with E-state index in [1.165, 1.54) is 4.90 Å². The maximum Gasteiger partial charge on any atom is 0.238 e. The minimum absolute atomic E-state index is 0.102. The molecule has 0 aromatic heterocycles. The fourth-order valence-electron chi connectivity index (χ4n) is 3.20. The Kier molecular flexibility index (Phi) is 3.08. The third kappa shape index (κ3) is 1.75. The van der Waals surface area contributed by atoms with Gasteiger partial charge in [-0.05, 0) is 24.5 Å². The molecular weight excluding hydrogens is 254 g/mol. The third-order valence-corrected chi connectivity index (χ3v) is 4.20. The normalized spacial score (nSPS) is 28.7. The monoisotopic (exact) mass is 271 g/mol. The molecule has 0 spiro atoms. The van der Waals surface area contributed by atoms with E-state index in [1.807, 2.05) is 31.2 Å². The Morgan fingerprint density at radius 1 is 1.20 bits per heavy atom. The van der Waals surface area contributed by atoms with Crippen LogP contribution >= 0.6 is 0 Å². The first kappa shape index (κ1) is 12.9. The van der Waals surface area contributed by atoms with E-state index in [-0.39, 0.29) is 29.6 Å². The lowest BCUT2D eigenvalue weighted by Crippen LogP contribution is -2.31. The van der Waals surface area contributed by atoms with E-state index in [2.05, 4.69) is 0 Å². The molecule has 1 heterocycles. The molecule has 0 radical (unpaired) electrons. The quantitative estimate of drug-likeness (QED) is 0.613. The lowest BCUT2D eigenvalue weighted by atomic mass is 9.78. The summed E-state index contributed by atoms with van der Waals surface area (Å²) in [5, 5.41) is 0. The van der Waals surface area contributed by atoms with Crippen molar-refractivity contribution in [2.45, 2.75) is 13.3 Å². The SMILES string of the molecule is COc1ccccc1N1C(=O)[C@H]2[C@H](C)C=CC[C@H]2C1=O. The zero-order valence-electron chi connectivity index (χ0n) is 11.6. The molecule has 1 aliphatic carbocycles. The smallest absolute Gasteiger partial charge is 0.238 e. The molecule has 20 heavy (non-hydrogen) atoms. The maximum absolute atomic E-state index is 12.6. The summed E-state index contributed by atoms with van der Waals surface area (Å²) < 4.78 is 5.27. The Morgan fingerprint density at radius 3 is 2.65 bits per heavy atom. The number of amides is 2. The minimum Gasteiger partial charge on any atom is -0.495 e. The Balaban J connectivity index is 2.04. The summed E-state index contributed by atoms with van der Waals surface area (Å²) >= 11 is 0.